The predicted octanol–water partition coefficient (Wildman–Crippen LogP) is 2.04. The van der Waals surface area contributed by atoms with Crippen LogP contribution in [-0.4, -0.2) is 33.9 Å². The second-order valence-electron chi connectivity index (χ2n) is 6.00. The molecule has 2 aromatic rings. The normalized spacial score (nSPS) is 14.7. The Labute approximate surface area is 141 Å². The molecule has 0 saturated heterocycles. The first-order valence-electron chi connectivity index (χ1n) is 8.04. The lowest BCUT2D eigenvalue weighted by molar-refractivity contribution is 0.199. The molecule has 2 rings (SSSR count). The van der Waals surface area contributed by atoms with Crippen LogP contribution >= 0.6 is 0 Å². The number of benzene rings is 1. The summed E-state index contributed by atoms with van der Waals surface area (Å²) < 4.78 is 5.24. The Morgan fingerprint density at radius 3 is 2.58 bits per heavy atom. The molecule has 3 atom stereocenters. The van der Waals surface area contributed by atoms with E-state index in [0.29, 0.717) is 18.1 Å². The second-order valence-corrected chi connectivity index (χ2v) is 6.00. The predicted molar refractivity (Wildman–Crippen MR) is 89.3 cm³/mol. The van der Waals surface area contributed by atoms with Crippen LogP contribution in [0.4, 0.5) is 4.79 Å². The molecule has 1 aromatic carbocycles. The Morgan fingerprint density at radius 1 is 1.21 bits per heavy atom. The molecule has 0 spiro atoms. The summed E-state index contributed by atoms with van der Waals surface area (Å²) in [6, 6.07) is 8.99. The van der Waals surface area contributed by atoms with E-state index in [1.54, 1.807) is 6.92 Å². The smallest absolute Gasteiger partial charge is 0.315 e. The molecule has 0 aliphatic rings. The fourth-order valence-electron chi connectivity index (χ4n) is 2.10. The van der Waals surface area contributed by atoms with Gasteiger partial charge >= 0.3 is 6.03 Å². The third-order valence-corrected chi connectivity index (χ3v) is 3.92. The third-order valence-electron chi connectivity index (χ3n) is 3.92. The summed E-state index contributed by atoms with van der Waals surface area (Å²) >= 11 is 0. The average molecular weight is 332 g/mol. The molecule has 0 fully saturated rings. The van der Waals surface area contributed by atoms with Gasteiger partial charge in [-0.15, -0.1) is 0 Å². The quantitative estimate of drug-likeness (QED) is 0.720. The zero-order valence-corrected chi connectivity index (χ0v) is 14.2. The highest BCUT2D eigenvalue weighted by Crippen LogP contribution is 2.12. The highest BCUT2D eigenvalue weighted by atomic mass is 16.5. The summed E-state index contributed by atoms with van der Waals surface area (Å²) in [5.41, 5.74) is 1.08. The van der Waals surface area contributed by atoms with Crippen molar-refractivity contribution in [2.24, 2.45) is 5.92 Å². The maximum Gasteiger partial charge on any atom is 0.315 e. The Morgan fingerprint density at radius 2 is 1.92 bits per heavy atom. The molecule has 130 valence electrons. The van der Waals surface area contributed by atoms with Gasteiger partial charge in [0.15, 0.2) is 5.82 Å². The number of aromatic nitrogens is 2. The minimum atomic E-state index is -0.380. The number of nitrogens with one attached hydrogen (secondary N) is 2. The van der Waals surface area contributed by atoms with E-state index in [0.717, 1.165) is 5.56 Å². The Balaban J connectivity index is 1.89. The van der Waals surface area contributed by atoms with E-state index in [1.165, 1.54) is 0 Å². The molecule has 0 saturated carbocycles. The summed E-state index contributed by atoms with van der Waals surface area (Å²) in [5.74, 6) is 0.917. The standard InChI is InChI=1S/C17H24N4O3/c1-11(10-22)12(2)18-17(23)19-13(3)16-20-15(24-21-16)9-14-7-5-4-6-8-14/h4-8,11-13,22H,9-10H2,1-3H3,(H2,18,19,23). The van der Waals surface area contributed by atoms with Gasteiger partial charge in [-0.05, 0) is 25.3 Å². The van der Waals surface area contributed by atoms with Crippen molar-refractivity contribution < 1.29 is 14.4 Å². The Bertz CT molecular complexity index is 644. The van der Waals surface area contributed by atoms with Crippen molar-refractivity contribution in [1.82, 2.24) is 20.8 Å². The number of aliphatic hydroxyl groups excluding tert-OH is 1. The van der Waals surface area contributed by atoms with Crippen LogP contribution in [0.1, 0.15) is 44.1 Å². The van der Waals surface area contributed by atoms with Crippen LogP contribution in [0.5, 0.6) is 0 Å². The summed E-state index contributed by atoms with van der Waals surface area (Å²) in [4.78, 5) is 16.3. The molecule has 24 heavy (non-hydrogen) atoms. The van der Waals surface area contributed by atoms with Gasteiger partial charge < -0.3 is 20.3 Å². The molecule has 7 nitrogen and oxygen atoms in total. The number of hydrogen-bond donors (Lipinski definition) is 3. The van der Waals surface area contributed by atoms with Gasteiger partial charge in [0.25, 0.3) is 0 Å². The molecule has 2 amide bonds. The summed E-state index contributed by atoms with van der Waals surface area (Å²) in [6.07, 6.45) is 0.553. The van der Waals surface area contributed by atoms with Gasteiger partial charge in [0.2, 0.25) is 5.89 Å². The molecular weight excluding hydrogens is 308 g/mol. The maximum absolute atomic E-state index is 12.0. The van der Waals surface area contributed by atoms with E-state index in [4.69, 9.17) is 9.63 Å². The van der Waals surface area contributed by atoms with Gasteiger partial charge in [-0.25, -0.2) is 4.79 Å². The van der Waals surface area contributed by atoms with E-state index in [9.17, 15) is 4.79 Å². The molecular formula is C17H24N4O3. The SMILES string of the molecule is CC(NC(=O)NC(C)C(C)CO)c1noc(Cc2ccccc2)n1. The van der Waals surface area contributed by atoms with Crippen LogP contribution < -0.4 is 10.6 Å². The van der Waals surface area contributed by atoms with Gasteiger partial charge in [0.05, 0.1) is 12.5 Å². The fraction of sp³-hybridized carbons (Fsp3) is 0.471. The molecule has 1 aromatic heterocycles. The first-order chi connectivity index (χ1) is 11.5. The van der Waals surface area contributed by atoms with E-state index in [1.807, 2.05) is 44.2 Å². The van der Waals surface area contributed by atoms with Crippen LogP contribution in [0.2, 0.25) is 0 Å². The van der Waals surface area contributed by atoms with E-state index in [-0.39, 0.29) is 30.6 Å². The lowest BCUT2D eigenvalue weighted by Crippen LogP contribution is -2.45. The topological polar surface area (TPSA) is 100 Å². The zero-order chi connectivity index (χ0) is 17.5. The number of amides is 2. The van der Waals surface area contributed by atoms with Crippen LogP contribution in [0.25, 0.3) is 0 Å². The van der Waals surface area contributed by atoms with E-state index >= 15 is 0 Å². The van der Waals surface area contributed by atoms with Gasteiger partial charge in [-0.1, -0.05) is 42.4 Å². The van der Waals surface area contributed by atoms with Crippen molar-refractivity contribution in [3.63, 3.8) is 0 Å². The number of rotatable bonds is 7. The van der Waals surface area contributed by atoms with Gasteiger partial charge in [0.1, 0.15) is 0 Å². The lowest BCUT2D eigenvalue weighted by atomic mass is 10.1. The highest BCUT2D eigenvalue weighted by Gasteiger charge is 2.19. The van der Waals surface area contributed by atoms with Crippen LogP contribution in [0, 0.1) is 5.92 Å². The first kappa shape index (κ1) is 17.9. The second kappa shape index (κ2) is 8.44. The van der Waals surface area contributed by atoms with Crippen molar-refractivity contribution in [3.8, 4) is 0 Å². The molecule has 7 heteroatoms. The monoisotopic (exact) mass is 332 g/mol. The van der Waals surface area contributed by atoms with Crippen LogP contribution in [-0.2, 0) is 6.42 Å². The van der Waals surface area contributed by atoms with E-state index < -0.39 is 0 Å². The molecule has 0 radical (unpaired) electrons. The number of carbonyl (C=O) groups is 1. The number of urea groups is 1. The highest BCUT2D eigenvalue weighted by molar-refractivity contribution is 5.74. The third kappa shape index (κ3) is 5.06. The largest absolute Gasteiger partial charge is 0.396 e. The van der Waals surface area contributed by atoms with E-state index in [2.05, 4.69) is 20.8 Å². The van der Waals surface area contributed by atoms with Crippen LogP contribution in [0.15, 0.2) is 34.9 Å². The lowest BCUT2D eigenvalue weighted by Gasteiger charge is -2.20. The number of nitrogens with zero attached hydrogens (tertiary/aromatic N) is 2. The van der Waals surface area contributed by atoms with Crippen molar-refractivity contribution in [3.05, 3.63) is 47.6 Å². The minimum Gasteiger partial charge on any atom is -0.396 e. The zero-order valence-electron chi connectivity index (χ0n) is 14.2. The van der Waals surface area contributed by atoms with Gasteiger partial charge in [-0.3, -0.25) is 0 Å². The Kier molecular flexibility index (Phi) is 6.31. The maximum atomic E-state index is 12.0. The summed E-state index contributed by atoms with van der Waals surface area (Å²) in [6.45, 7) is 5.52. The van der Waals surface area contributed by atoms with Gasteiger partial charge in [0, 0.05) is 12.6 Å². The fourth-order valence-corrected chi connectivity index (χ4v) is 2.10. The molecule has 3 unspecified atom stereocenters. The van der Waals surface area contributed by atoms with Crippen molar-refractivity contribution in [2.75, 3.05) is 6.61 Å². The molecule has 0 aliphatic heterocycles. The first-order valence-corrected chi connectivity index (χ1v) is 8.04. The summed E-state index contributed by atoms with van der Waals surface area (Å²) in [7, 11) is 0. The molecule has 0 aliphatic carbocycles. The minimum absolute atomic E-state index is 0.0185. The average Bonchev–Trinajstić information content (AvgIpc) is 3.03. The van der Waals surface area contributed by atoms with Crippen molar-refractivity contribution in [2.45, 2.75) is 39.3 Å². The van der Waals surface area contributed by atoms with Gasteiger partial charge in [-0.2, -0.15) is 4.98 Å². The van der Waals surface area contributed by atoms with Crippen LogP contribution in [0.3, 0.4) is 0 Å². The van der Waals surface area contributed by atoms with Crippen molar-refractivity contribution in [1.29, 1.82) is 0 Å². The summed E-state index contributed by atoms with van der Waals surface area (Å²) in [5, 5.41) is 18.6. The van der Waals surface area contributed by atoms with Crippen molar-refractivity contribution >= 4 is 6.03 Å². The molecule has 3 N–H and O–H groups in total. The number of aliphatic hydroxyl groups is 1. The number of hydrogen-bond acceptors (Lipinski definition) is 5. The number of carbonyl (C=O) groups excluding carboxylic acids is 1. The Hall–Kier alpha value is -2.41. The molecule has 0 bridgehead atoms. The molecule has 1 heterocycles.